The number of carbonyl (C=O) groups is 1. The number of nitrogen functional groups attached to an aromatic ring is 1. The molecule has 1 aliphatic rings. The Balaban J connectivity index is 2.16. The van der Waals surface area contributed by atoms with E-state index in [4.69, 9.17) is 5.73 Å². The van der Waals surface area contributed by atoms with Crippen molar-refractivity contribution in [2.45, 2.75) is 25.3 Å². The minimum absolute atomic E-state index is 0.0314. The number of benzene rings is 1. The van der Waals surface area contributed by atoms with Crippen LogP contribution in [-0.2, 0) is 0 Å². The number of hydrogen-bond acceptors (Lipinski definition) is 2. The predicted molar refractivity (Wildman–Crippen MR) is 55.9 cm³/mol. The van der Waals surface area contributed by atoms with Gasteiger partial charge >= 0.3 is 0 Å². The molecule has 0 radical (unpaired) electrons. The Morgan fingerprint density at radius 2 is 1.88 bits per heavy atom. The Bertz CT molecular complexity index is 407. The molecule has 16 heavy (non-hydrogen) atoms. The first-order chi connectivity index (χ1) is 7.58. The van der Waals surface area contributed by atoms with E-state index in [0.29, 0.717) is 0 Å². The number of amides is 1. The maximum absolute atomic E-state index is 13.1. The SMILES string of the molecule is Nc1c(F)cc(C(=O)NC2CCC2)cc1F. The minimum atomic E-state index is -0.904. The van der Waals surface area contributed by atoms with Gasteiger partial charge in [-0.3, -0.25) is 4.79 Å². The van der Waals surface area contributed by atoms with E-state index in [1.807, 2.05) is 0 Å². The molecule has 3 N–H and O–H groups in total. The highest BCUT2D eigenvalue weighted by Gasteiger charge is 2.21. The minimum Gasteiger partial charge on any atom is -0.394 e. The molecular weight excluding hydrogens is 214 g/mol. The molecule has 1 aliphatic carbocycles. The van der Waals surface area contributed by atoms with Crippen molar-refractivity contribution >= 4 is 11.6 Å². The van der Waals surface area contributed by atoms with Crippen LogP contribution in [0.3, 0.4) is 0 Å². The second-order valence-electron chi connectivity index (χ2n) is 3.95. The summed E-state index contributed by atoms with van der Waals surface area (Å²) in [5.41, 5.74) is 4.52. The molecule has 1 amide bonds. The summed E-state index contributed by atoms with van der Waals surface area (Å²) in [6.07, 6.45) is 2.92. The normalized spacial score (nSPS) is 15.6. The number of hydrogen-bond donors (Lipinski definition) is 2. The smallest absolute Gasteiger partial charge is 0.251 e. The highest BCUT2D eigenvalue weighted by Crippen LogP contribution is 2.20. The third kappa shape index (κ3) is 1.98. The Labute approximate surface area is 91.6 Å². The summed E-state index contributed by atoms with van der Waals surface area (Å²) in [7, 11) is 0. The van der Waals surface area contributed by atoms with E-state index in [0.717, 1.165) is 31.4 Å². The maximum Gasteiger partial charge on any atom is 0.251 e. The third-order valence-corrected chi connectivity index (χ3v) is 2.78. The lowest BCUT2D eigenvalue weighted by Gasteiger charge is -2.26. The summed E-state index contributed by atoms with van der Waals surface area (Å²) in [6.45, 7) is 0. The molecule has 3 nitrogen and oxygen atoms in total. The van der Waals surface area contributed by atoms with Crippen LogP contribution in [0.5, 0.6) is 0 Å². The van der Waals surface area contributed by atoms with Gasteiger partial charge in [-0.25, -0.2) is 8.78 Å². The van der Waals surface area contributed by atoms with Crippen LogP contribution in [0, 0.1) is 11.6 Å². The van der Waals surface area contributed by atoms with Gasteiger partial charge in [-0.05, 0) is 31.4 Å². The number of nitrogens with two attached hydrogens (primary N) is 1. The number of nitrogens with one attached hydrogen (secondary N) is 1. The summed E-state index contributed by atoms with van der Waals surface area (Å²) >= 11 is 0. The fraction of sp³-hybridized carbons (Fsp3) is 0.364. The Kier molecular flexibility index (Phi) is 2.77. The summed E-state index contributed by atoms with van der Waals surface area (Å²) in [6, 6.07) is 2.04. The van der Waals surface area contributed by atoms with Gasteiger partial charge in [0.1, 0.15) is 17.3 Å². The van der Waals surface area contributed by atoms with Crippen LogP contribution in [0.2, 0.25) is 0 Å². The van der Waals surface area contributed by atoms with Crippen molar-refractivity contribution in [3.63, 3.8) is 0 Å². The lowest BCUT2D eigenvalue weighted by molar-refractivity contribution is 0.0916. The molecule has 0 bridgehead atoms. The number of halogens is 2. The van der Waals surface area contributed by atoms with E-state index < -0.39 is 23.2 Å². The van der Waals surface area contributed by atoms with E-state index in [-0.39, 0.29) is 11.6 Å². The van der Waals surface area contributed by atoms with Gasteiger partial charge in [0, 0.05) is 11.6 Å². The van der Waals surface area contributed by atoms with Crippen molar-refractivity contribution in [1.29, 1.82) is 0 Å². The third-order valence-electron chi connectivity index (χ3n) is 2.78. The van der Waals surface area contributed by atoms with Crippen molar-refractivity contribution < 1.29 is 13.6 Å². The number of rotatable bonds is 2. The average Bonchev–Trinajstić information content (AvgIpc) is 2.19. The van der Waals surface area contributed by atoms with Crippen LogP contribution in [-0.4, -0.2) is 11.9 Å². The molecule has 1 fully saturated rings. The maximum atomic E-state index is 13.1. The summed E-state index contributed by atoms with van der Waals surface area (Å²) < 4.78 is 26.2. The number of carbonyl (C=O) groups excluding carboxylic acids is 1. The molecule has 5 heteroatoms. The molecule has 1 saturated carbocycles. The summed E-state index contributed by atoms with van der Waals surface area (Å²) in [4.78, 5) is 11.6. The van der Waals surface area contributed by atoms with Gasteiger partial charge in [0.25, 0.3) is 5.91 Å². The lowest BCUT2D eigenvalue weighted by Crippen LogP contribution is -2.39. The van der Waals surface area contributed by atoms with Crippen LogP contribution in [0.1, 0.15) is 29.6 Å². The van der Waals surface area contributed by atoms with Gasteiger partial charge in [-0.1, -0.05) is 0 Å². The van der Waals surface area contributed by atoms with E-state index >= 15 is 0 Å². The summed E-state index contributed by atoms with van der Waals surface area (Å²) in [5, 5.41) is 2.69. The molecule has 1 aromatic carbocycles. The van der Waals surface area contributed by atoms with E-state index in [9.17, 15) is 13.6 Å². The predicted octanol–water partition coefficient (Wildman–Crippen LogP) is 1.83. The first-order valence-electron chi connectivity index (χ1n) is 5.13. The van der Waals surface area contributed by atoms with E-state index in [1.54, 1.807) is 0 Å². The molecule has 0 heterocycles. The second kappa shape index (κ2) is 4.08. The fourth-order valence-electron chi connectivity index (χ4n) is 1.54. The Morgan fingerprint density at radius 3 is 2.31 bits per heavy atom. The molecule has 0 aromatic heterocycles. The van der Waals surface area contributed by atoms with Gasteiger partial charge in [-0.15, -0.1) is 0 Å². The molecule has 0 unspecified atom stereocenters. The number of anilines is 1. The van der Waals surface area contributed by atoms with Gasteiger partial charge in [0.05, 0.1) is 0 Å². The molecule has 0 saturated heterocycles. The van der Waals surface area contributed by atoms with Crippen LogP contribution in [0.25, 0.3) is 0 Å². The zero-order chi connectivity index (χ0) is 11.7. The first-order valence-corrected chi connectivity index (χ1v) is 5.13. The van der Waals surface area contributed by atoms with Crippen LogP contribution in [0.15, 0.2) is 12.1 Å². The van der Waals surface area contributed by atoms with Crippen molar-refractivity contribution in [2.75, 3.05) is 5.73 Å². The standard InChI is InChI=1S/C11H12F2N2O/c12-8-4-6(5-9(13)10(8)14)11(16)15-7-2-1-3-7/h4-5,7H,1-3,14H2,(H,15,16). The monoisotopic (exact) mass is 226 g/mol. The highest BCUT2D eigenvalue weighted by molar-refractivity contribution is 5.94. The molecule has 86 valence electrons. The largest absolute Gasteiger partial charge is 0.394 e. The van der Waals surface area contributed by atoms with Gasteiger partial charge in [0.2, 0.25) is 0 Å². The molecular formula is C11H12F2N2O. The lowest BCUT2D eigenvalue weighted by atomic mass is 9.93. The van der Waals surface area contributed by atoms with Crippen LogP contribution < -0.4 is 11.1 Å². The topological polar surface area (TPSA) is 55.1 Å². The van der Waals surface area contributed by atoms with Gasteiger partial charge in [0.15, 0.2) is 0 Å². The van der Waals surface area contributed by atoms with E-state index in [1.165, 1.54) is 0 Å². The van der Waals surface area contributed by atoms with Crippen LogP contribution in [0.4, 0.5) is 14.5 Å². The highest BCUT2D eigenvalue weighted by atomic mass is 19.1. The zero-order valence-electron chi connectivity index (χ0n) is 8.59. The van der Waals surface area contributed by atoms with Gasteiger partial charge < -0.3 is 11.1 Å². The quantitative estimate of drug-likeness (QED) is 0.756. The fourth-order valence-corrected chi connectivity index (χ4v) is 1.54. The van der Waals surface area contributed by atoms with Gasteiger partial charge in [-0.2, -0.15) is 0 Å². The van der Waals surface area contributed by atoms with E-state index in [2.05, 4.69) is 5.32 Å². The van der Waals surface area contributed by atoms with Crippen molar-refractivity contribution in [1.82, 2.24) is 5.32 Å². The van der Waals surface area contributed by atoms with Crippen molar-refractivity contribution in [2.24, 2.45) is 0 Å². The second-order valence-corrected chi connectivity index (χ2v) is 3.95. The molecule has 1 aromatic rings. The summed E-state index contributed by atoms with van der Waals surface area (Å²) in [5.74, 6) is -2.26. The Morgan fingerprint density at radius 1 is 1.31 bits per heavy atom. The average molecular weight is 226 g/mol. The first kappa shape index (κ1) is 10.9. The van der Waals surface area contributed by atoms with Crippen molar-refractivity contribution in [3.05, 3.63) is 29.3 Å². The zero-order valence-corrected chi connectivity index (χ0v) is 8.59. The molecule has 0 aliphatic heterocycles. The molecule has 0 spiro atoms. The van der Waals surface area contributed by atoms with Crippen LogP contribution >= 0.6 is 0 Å². The molecule has 0 atom stereocenters. The Hall–Kier alpha value is -1.65. The van der Waals surface area contributed by atoms with Crippen molar-refractivity contribution in [3.8, 4) is 0 Å². The molecule has 2 rings (SSSR count).